The lowest BCUT2D eigenvalue weighted by Gasteiger charge is -2.14. The van der Waals surface area contributed by atoms with Gasteiger partial charge in [-0.25, -0.2) is 0 Å². The molecule has 0 N–H and O–H groups in total. The van der Waals surface area contributed by atoms with E-state index in [4.69, 9.17) is 30.5 Å². The molecule has 0 aliphatic heterocycles. The second-order valence-electron chi connectivity index (χ2n) is 5.08. The average Bonchev–Trinajstić information content (AvgIpc) is 2.61. The Morgan fingerprint density at radius 2 is 1.64 bits per heavy atom. The maximum absolute atomic E-state index is 12.1. The van der Waals surface area contributed by atoms with Gasteiger partial charge in [-0.15, -0.1) is 0 Å². The van der Waals surface area contributed by atoms with E-state index in [9.17, 15) is 4.79 Å². The molecule has 0 aliphatic carbocycles. The summed E-state index contributed by atoms with van der Waals surface area (Å²) < 4.78 is 22.0. The molecule has 2 aromatic carbocycles. The van der Waals surface area contributed by atoms with Gasteiger partial charge in [0.05, 0.1) is 26.4 Å². The van der Waals surface area contributed by atoms with Crippen LogP contribution in [0, 0.1) is 0 Å². The Hall–Kier alpha value is -1.92. The monoisotopic (exact) mass is 428 g/mol. The van der Waals surface area contributed by atoms with Crippen molar-refractivity contribution in [3.63, 3.8) is 0 Å². The van der Waals surface area contributed by atoms with Crippen molar-refractivity contribution in [2.24, 2.45) is 0 Å². The highest BCUT2D eigenvalue weighted by atomic mass is 79.9. The van der Waals surface area contributed by atoms with E-state index in [2.05, 4.69) is 15.9 Å². The van der Waals surface area contributed by atoms with Gasteiger partial charge < -0.3 is 18.9 Å². The first-order valence-electron chi connectivity index (χ1n) is 7.43. The number of hydrogen-bond donors (Lipinski definition) is 0. The fourth-order valence-corrected chi connectivity index (χ4v) is 2.97. The lowest BCUT2D eigenvalue weighted by molar-refractivity contribution is -0.134. The van der Waals surface area contributed by atoms with Crippen LogP contribution in [-0.2, 0) is 11.2 Å². The van der Waals surface area contributed by atoms with Gasteiger partial charge in [-0.2, -0.15) is 0 Å². The van der Waals surface area contributed by atoms with Crippen molar-refractivity contribution in [2.75, 3.05) is 21.3 Å². The summed E-state index contributed by atoms with van der Waals surface area (Å²) in [6.45, 7) is 0. The topological polar surface area (TPSA) is 54.0 Å². The number of methoxy groups -OCH3 is 3. The van der Waals surface area contributed by atoms with Gasteiger partial charge in [0.1, 0.15) is 5.75 Å². The number of rotatable bonds is 7. The largest absolute Gasteiger partial charge is 0.493 e. The number of benzene rings is 2. The SMILES string of the molecule is COc1cc(CCC(=O)Oc2ccc(Br)cc2Cl)cc(OC)c1OC. The van der Waals surface area contributed by atoms with Crippen molar-refractivity contribution in [3.05, 3.63) is 45.4 Å². The predicted octanol–water partition coefficient (Wildman–Crippen LogP) is 4.67. The normalized spacial score (nSPS) is 10.3. The van der Waals surface area contributed by atoms with Crippen molar-refractivity contribution in [3.8, 4) is 23.0 Å². The molecule has 0 spiro atoms. The quantitative estimate of drug-likeness (QED) is 0.473. The minimum Gasteiger partial charge on any atom is -0.493 e. The van der Waals surface area contributed by atoms with Crippen LogP contribution in [0.2, 0.25) is 5.02 Å². The van der Waals surface area contributed by atoms with Crippen LogP contribution >= 0.6 is 27.5 Å². The number of ether oxygens (including phenoxy) is 4. The van der Waals surface area contributed by atoms with Crippen LogP contribution in [0.5, 0.6) is 23.0 Å². The summed E-state index contributed by atoms with van der Waals surface area (Å²) in [5.74, 6) is 1.55. The van der Waals surface area contributed by atoms with Crippen LogP contribution < -0.4 is 18.9 Å². The van der Waals surface area contributed by atoms with Gasteiger partial charge >= 0.3 is 5.97 Å². The molecule has 0 heterocycles. The molecular formula is C18H18BrClO5. The maximum Gasteiger partial charge on any atom is 0.311 e. The average molecular weight is 430 g/mol. The van der Waals surface area contributed by atoms with Gasteiger partial charge in [-0.3, -0.25) is 4.79 Å². The first kappa shape index (κ1) is 19.4. The van der Waals surface area contributed by atoms with Crippen LogP contribution in [-0.4, -0.2) is 27.3 Å². The number of hydrogen-bond acceptors (Lipinski definition) is 5. The lowest BCUT2D eigenvalue weighted by Crippen LogP contribution is -2.09. The van der Waals surface area contributed by atoms with E-state index in [1.807, 2.05) is 0 Å². The Kier molecular flexibility index (Phi) is 6.96. The minimum absolute atomic E-state index is 0.186. The molecule has 5 nitrogen and oxygen atoms in total. The van der Waals surface area contributed by atoms with Gasteiger partial charge in [0.2, 0.25) is 5.75 Å². The standard InChI is InChI=1S/C18H18BrClO5/c1-22-15-8-11(9-16(23-2)18(15)24-3)4-7-17(21)25-14-6-5-12(19)10-13(14)20/h5-6,8-10H,4,7H2,1-3H3. The van der Waals surface area contributed by atoms with Gasteiger partial charge in [-0.1, -0.05) is 27.5 Å². The van der Waals surface area contributed by atoms with E-state index in [1.165, 1.54) is 0 Å². The highest BCUT2D eigenvalue weighted by Gasteiger charge is 2.15. The second-order valence-corrected chi connectivity index (χ2v) is 6.41. The molecule has 134 valence electrons. The van der Waals surface area contributed by atoms with Crippen molar-refractivity contribution >= 4 is 33.5 Å². The Morgan fingerprint density at radius 3 is 2.16 bits per heavy atom. The Balaban J connectivity index is 2.06. The summed E-state index contributed by atoms with van der Waals surface area (Å²) >= 11 is 9.35. The molecule has 0 fully saturated rings. The Bertz CT molecular complexity index is 738. The first-order chi connectivity index (χ1) is 12.0. The predicted molar refractivity (Wildman–Crippen MR) is 99.2 cm³/mol. The molecule has 2 aromatic rings. The summed E-state index contributed by atoms with van der Waals surface area (Å²) in [4.78, 5) is 12.1. The molecule has 0 atom stereocenters. The number of aryl methyl sites for hydroxylation is 1. The third-order valence-corrected chi connectivity index (χ3v) is 4.25. The van der Waals surface area contributed by atoms with Crippen molar-refractivity contribution in [2.45, 2.75) is 12.8 Å². The third-order valence-electron chi connectivity index (χ3n) is 3.46. The molecule has 0 saturated carbocycles. The van der Waals surface area contributed by atoms with Crippen LogP contribution in [0.3, 0.4) is 0 Å². The molecule has 0 saturated heterocycles. The number of halogens is 2. The van der Waals surface area contributed by atoms with E-state index >= 15 is 0 Å². The first-order valence-corrected chi connectivity index (χ1v) is 8.60. The zero-order valence-electron chi connectivity index (χ0n) is 14.1. The summed E-state index contributed by atoms with van der Waals surface area (Å²) in [7, 11) is 4.63. The lowest BCUT2D eigenvalue weighted by atomic mass is 10.1. The number of carbonyl (C=O) groups is 1. The number of esters is 1. The van der Waals surface area contributed by atoms with E-state index in [1.54, 1.807) is 51.7 Å². The summed E-state index contributed by atoms with van der Waals surface area (Å²) in [5.41, 5.74) is 0.869. The van der Waals surface area contributed by atoms with Gasteiger partial charge in [0, 0.05) is 10.9 Å². The molecule has 7 heteroatoms. The number of carbonyl (C=O) groups excluding carboxylic acids is 1. The maximum atomic E-state index is 12.1. The van der Waals surface area contributed by atoms with Crippen LogP contribution in [0.1, 0.15) is 12.0 Å². The van der Waals surface area contributed by atoms with Crippen LogP contribution in [0.15, 0.2) is 34.8 Å². The van der Waals surface area contributed by atoms with Crippen LogP contribution in [0.25, 0.3) is 0 Å². The van der Waals surface area contributed by atoms with Crippen molar-refractivity contribution in [1.29, 1.82) is 0 Å². The molecule has 0 aliphatic rings. The zero-order valence-corrected chi connectivity index (χ0v) is 16.4. The summed E-state index contributed by atoms with van der Waals surface area (Å²) in [6, 6.07) is 8.68. The second kappa shape index (κ2) is 8.97. The molecular weight excluding hydrogens is 412 g/mol. The van der Waals surface area contributed by atoms with E-state index in [-0.39, 0.29) is 12.4 Å². The van der Waals surface area contributed by atoms with Crippen molar-refractivity contribution in [1.82, 2.24) is 0 Å². The van der Waals surface area contributed by atoms with E-state index in [0.29, 0.717) is 34.4 Å². The van der Waals surface area contributed by atoms with Gasteiger partial charge in [0.15, 0.2) is 11.5 Å². The molecule has 0 radical (unpaired) electrons. The minimum atomic E-state index is -0.377. The van der Waals surface area contributed by atoms with Crippen molar-refractivity contribution < 1.29 is 23.7 Å². The fraction of sp³-hybridized carbons (Fsp3) is 0.278. The summed E-state index contributed by atoms with van der Waals surface area (Å²) in [6.07, 6.45) is 0.648. The molecule has 0 unspecified atom stereocenters. The third kappa shape index (κ3) is 5.03. The van der Waals surface area contributed by atoms with Crippen LogP contribution in [0.4, 0.5) is 0 Å². The van der Waals surface area contributed by atoms with E-state index < -0.39 is 0 Å². The molecule has 0 amide bonds. The fourth-order valence-electron chi connectivity index (χ4n) is 2.26. The summed E-state index contributed by atoms with van der Waals surface area (Å²) in [5, 5.41) is 0.371. The van der Waals surface area contributed by atoms with E-state index in [0.717, 1.165) is 10.0 Å². The molecule has 2 rings (SSSR count). The highest BCUT2D eigenvalue weighted by molar-refractivity contribution is 9.10. The Labute approximate surface area is 159 Å². The molecule has 0 bridgehead atoms. The van der Waals surface area contributed by atoms with Gasteiger partial charge in [0.25, 0.3) is 0 Å². The van der Waals surface area contributed by atoms with Gasteiger partial charge in [-0.05, 0) is 42.3 Å². The Morgan fingerprint density at radius 1 is 1.00 bits per heavy atom. The smallest absolute Gasteiger partial charge is 0.311 e. The zero-order chi connectivity index (χ0) is 18.4. The molecule has 25 heavy (non-hydrogen) atoms. The highest BCUT2D eigenvalue weighted by Crippen LogP contribution is 2.38. The molecule has 0 aromatic heterocycles.